The van der Waals surface area contributed by atoms with Crippen molar-refractivity contribution < 1.29 is 51.0 Å². The fraction of sp³-hybridized carbons (Fsp3) is 0.333. The molecule has 0 radical (unpaired) electrons. The van der Waals surface area contributed by atoms with E-state index in [-0.39, 0.29) is 56.1 Å². The Kier molecular flexibility index (Phi) is 10.4. The number of hydrogen-bond acceptors (Lipinski definition) is 0. The molecule has 0 aromatic heterocycles. The first-order valence-corrected chi connectivity index (χ1v) is 12.3. The van der Waals surface area contributed by atoms with Gasteiger partial charge in [0.15, 0.2) is 0 Å². The molecular formula is C24H30Cl2SiZr. The Balaban J connectivity index is 0.00000243. The minimum atomic E-state index is -1.79. The monoisotopic (exact) mass is 506 g/mol. The van der Waals surface area contributed by atoms with Crippen LogP contribution in [0.3, 0.4) is 0 Å². The van der Waals surface area contributed by atoms with Crippen molar-refractivity contribution in [3.8, 4) is 0 Å². The van der Waals surface area contributed by atoms with E-state index in [0.29, 0.717) is 5.54 Å². The second-order valence-electron chi connectivity index (χ2n) is 8.26. The Labute approximate surface area is 203 Å². The van der Waals surface area contributed by atoms with Gasteiger partial charge in [-0.1, -0.05) is 97.9 Å². The molecule has 0 nitrogen and oxygen atoms in total. The SMILES string of the molecule is CC1=CC(C)([Si](C)(C)C(c2ccccc2)c2ccccc2)C(C)=C1C.[Cl-].[Cl-].[Zr+2]. The third kappa shape index (κ3) is 4.67. The van der Waals surface area contributed by atoms with Gasteiger partial charge in [-0.25, -0.2) is 0 Å². The van der Waals surface area contributed by atoms with Crippen LogP contribution in [0.25, 0.3) is 0 Å². The molecule has 0 N–H and O–H groups in total. The maximum absolute atomic E-state index is 2.57. The Morgan fingerprint density at radius 2 is 1.14 bits per heavy atom. The summed E-state index contributed by atoms with van der Waals surface area (Å²) in [5.41, 5.74) is 7.90. The van der Waals surface area contributed by atoms with Gasteiger partial charge in [-0.3, -0.25) is 0 Å². The summed E-state index contributed by atoms with van der Waals surface area (Å²) in [4.78, 5) is 0. The van der Waals surface area contributed by atoms with E-state index in [2.05, 4.69) is 108 Å². The molecule has 0 saturated heterocycles. The molecule has 4 heteroatoms. The largest absolute Gasteiger partial charge is 2.00 e. The first-order valence-electron chi connectivity index (χ1n) is 9.26. The van der Waals surface area contributed by atoms with Crippen LogP contribution in [0.5, 0.6) is 0 Å². The molecule has 0 bridgehead atoms. The molecular weight excluding hydrogens is 478 g/mol. The summed E-state index contributed by atoms with van der Waals surface area (Å²) < 4.78 is 0. The van der Waals surface area contributed by atoms with Crippen LogP contribution in [0, 0.1) is 0 Å². The molecule has 0 saturated carbocycles. The average Bonchev–Trinajstić information content (AvgIpc) is 2.81. The zero-order chi connectivity index (χ0) is 18.2. The van der Waals surface area contributed by atoms with Gasteiger partial charge in [-0.15, -0.1) is 0 Å². The van der Waals surface area contributed by atoms with Gasteiger partial charge < -0.3 is 24.8 Å². The minimum absolute atomic E-state index is 0. The van der Waals surface area contributed by atoms with Crippen LogP contribution in [-0.4, -0.2) is 8.07 Å². The molecule has 1 aliphatic carbocycles. The topological polar surface area (TPSA) is 0 Å². The molecule has 0 fully saturated rings. The van der Waals surface area contributed by atoms with E-state index in [0.717, 1.165) is 0 Å². The Hall–Kier alpha value is -0.400. The summed E-state index contributed by atoms with van der Waals surface area (Å²) >= 11 is 0. The molecule has 28 heavy (non-hydrogen) atoms. The number of halogens is 2. The number of hydrogen-bond donors (Lipinski definition) is 0. The van der Waals surface area contributed by atoms with Crippen molar-refractivity contribution in [2.45, 2.75) is 51.4 Å². The molecule has 2 aromatic rings. The summed E-state index contributed by atoms with van der Waals surface area (Å²) in [6.07, 6.45) is 2.56. The molecule has 3 rings (SSSR count). The van der Waals surface area contributed by atoms with Crippen LogP contribution < -0.4 is 24.8 Å². The Morgan fingerprint density at radius 3 is 1.46 bits per heavy atom. The van der Waals surface area contributed by atoms with Crippen LogP contribution in [0.2, 0.25) is 18.1 Å². The van der Waals surface area contributed by atoms with Crippen LogP contribution in [0.4, 0.5) is 0 Å². The first kappa shape index (κ1) is 27.6. The minimum Gasteiger partial charge on any atom is -1.00 e. The second kappa shape index (κ2) is 10.6. The third-order valence-electron chi connectivity index (χ3n) is 6.76. The van der Waals surface area contributed by atoms with E-state index in [1.54, 1.807) is 5.57 Å². The maximum atomic E-state index is 2.57. The summed E-state index contributed by atoms with van der Waals surface area (Å²) in [7, 11) is -1.79. The van der Waals surface area contributed by atoms with Crippen molar-refractivity contribution in [1.29, 1.82) is 0 Å². The van der Waals surface area contributed by atoms with E-state index >= 15 is 0 Å². The molecule has 0 heterocycles. The van der Waals surface area contributed by atoms with Gasteiger partial charge in [0.2, 0.25) is 0 Å². The zero-order valence-electron chi connectivity index (χ0n) is 17.7. The van der Waals surface area contributed by atoms with E-state index in [9.17, 15) is 0 Å². The summed E-state index contributed by atoms with van der Waals surface area (Å²) in [5.74, 6) is 0. The van der Waals surface area contributed by atoms with Gasteiger partial charge in [-0.05, 0) is 37.5 Å². The van der Waals surface area contributed by atoms with E-state index in [4.69, 9.17) is 0 Å². The summed E-state index contributed by atoms with van der Waals surface area (Å²) in [6, 6.07) is 22.2. The van der Waals surface area contributed by atoms with Crippen molar-refractivity contribution in [3.63, 3.8) is 0 Å². The summed E-state index contributed by atoms with van der Waals surface area (Å²) in [5, 5.41) is 0.178. The van der Waals surface area contributed by atoms with Gasteiger partial charge in [-0.2, -0.15) is 0 Å². The zero-order valence-corrected chi connectivity index (χ0v) is 22.7. The van der Waals surface area contributed by atoms with Crippen molar-refractivity contribution in [1.82, 2.24) is 0 Å². The quantitative estimate of drug-likeness (QED) is 0.544. The van der Waals surface area contributed by atoms with E-state index in [1.165, 1.54) is 22.3 Å². The number of benzene rings is 2. The Morgan fingerprint density at radius 1 is 0.750 bits per heavy atom. The van der Waals surface area contributed by atoms with Crippen molar-refractivity contribution in [3.05, 3.63) is 94.6 Å². The number of rotatable bonds is 4. The van der Waals surface area contributed by atoms with Crippen LogP contribution in [-0.2, 0) is 26.2 Å². The van der Waals surface area contributed by atoms with Crippen molar-refractivity contribution in [2.24, 2.45) is 0 Å². The first-order chi connectivity index (χ1) is 11.8. The maximum Gasteiger partial charge on any atom is 2.00 e. The van der Waals surface area contributed by atoms with Crippen molar-refractivity contribution >= 4 is 8.07 Å². The Bertz CT molecular complexity index is 789. The van der Waals surface area contributed by atoms with E-state index < -0.39 is 8.07 Å². The predicted molar refractivity (Wildman–Crippen MR) is 113 cm³/mol. The van der Waals surface area contributed by atoms with Gasteiger partial charge >= 0.3 is 26.2 Å². The molecule has 0 spiro atoms. The van der Waals surface area contributed by atoms with E-state index in [1.807, 2.05) is 0 Å². The smallest absolute Gasteiger partial charge is 1.00 e. The molecule has 0 amide bonds. The normalized spacial score (nSPS) is 18.8. The summed E-state index contributed by atoms with van der Waals surface area (Å²) in [6.45, 7) is 14.5. The van der Waals surface area contributed by atoms with Gasteiger partial charge in [0, 0.05) is 10.6 Å². The molecule has 0 aliphatic heterocycles. The second-order valence-corrected chi connectivity index (χ2v) is 13.3. The standard InChI is InChI=1S/C24H30Si.2ClH.Zr/c1-18-17-24(4,20(3)19(18)2)25(5,6)23(21-13-9-7-10-14-21)22-15-11-8-12-16-22;;;/h7-17,23H,1-6H3;2*1H;/q;;;+2/p-2. The van der Waals surface area contributed by atoms with Crippen molar-refractivity contribution in [2.75, 3.05) is 0 Å². The van der Waals surface area contributed by atoms with Gasteiger partial charge in [0.25, 0.3) is 0 Å². The van der Waals surface area contributed by atoms with Crippen LogP contribution in [0.1, 0.15) is 44.4 Å². The fourth-order valence-electron chi connectivity index (χ4n) is 4.62. The van der Waals surface area contributed by atoms with Crippen LogP contribution in [0.15, 0.2) is 83.5 Å². The van der Waals surface area contributed by atoms with Gasteiger partial charge in [0.05, 0.1) is 8.07 Å². The average molecular weight is 509 g/mol. The molecule has 1 unspecified atom stereocenters. The molecule has 2 aromatic carbocycles. The molecule has 1 aliphatic rings. The van der Waals surface area contributed by atoms with Gasteiger partial charge in [0.1, 0.15) is 0 Å². The molecule has 148 valence electrons. The third-order valence-corrected chi connectivity index (χ3v) is 12.1. The van der Waals surface area contributed by atoms with Crippen LogP contribution >= 0.6 is 0 Å². The molecule has 1 atom stereocenters. The predicted octanol–water partition coefficient (Wildman–Crippen LogP) is 1.13. The number of allylic oxidation sites excluding steroid dienone is 4. The fourth-order valence-corrected chi connectivity index (χ4v) is 9.01.